The second-order valence-corrected chi connectivity index (χ2v) is 6.37. The molecular formula is C17H14LiP+. The molecule has 87 valence electrons. The van der Waals surface area contributed by atoms with Crippen molar-refractivity contribution in [3.05, 3.63) is 92.0 Å². The predicted octanol–water partition coefficient (Wildman–Crippen LogP) is 0.486. The molecule has 0 nitrogen and oxygen atoms in total. The first kappa shape index (κ1) is 14.9. The summed E-state index contributed by atoms with van der Waals surface area (Å²) in [5.41, 5.74) is 1.42. The van der Waals surface area contributed by atoms with Crippen molar-refractivity contribution in [3.8, 4) is 0 Å². The van der Waals surface area contributed by atoms with Crippen molar-refractivity contribution < 1.29 is 18.9 Å². The molecule has 0 aromatic heterocycles. The van der Waals surface area contributed by atoms with Crippen molar-refractivity contribution in [1.82, 2.24) is 0 Å². The van der Waals surface area contributed by atoms with Crippen LogP contribution in [0.2, 0.25) is 0 Å². The Hall–Kier alpha value is -0.533. The monoisotopic (exact) mass is 256 g/mol. The van der Waals surface area contributed by atoms with Crippen LogP contribution in [0.1, 0.15) is 0 Å². The third-order valence-corrected chi connectivity index (χ3v) is 5.38. The van der Waals surface area contributed by atoms with Crippen molar-refractivity contribution >= 4 is 18.5 Å². The molecule has 0 bridgehead atoms. The second-order valence-electron chi connectivity index (χ2n) is 4.15. The molecule has 5 radical (unpaired) electrons. The maximum absolute atomic E-state index is 2.23. The van der Waals surface area contributed by atoms with Crippen LogP contribution in [0.4, 0.5) is 0 Å². The molecule has 3 rings (SSSR count). The molecule has 19 heavy (non-hydrogen) atoms. The SMILES string of the molecule is [CH]1[CH][CH][C](P(c2ccccc2)c2ccccc2)[CH]1.[Li+]. The van der Waals surface area contributed by atoms with E-state index in [1.807, 2.05) is 0 Å². The Labute approximate surface area is 129 Å². The Bertz CT molecular complexity index is 438. The zero-order chi connectivity index (χ0) is 12.2. The van der Waals surface area contributed by atoms with E-state index in [2.05, 4.69) is 86.3 Å². The first-order valence-corrected chi connectivity index (χ1v) is 7.41. The van der Waals surface area contributed by atoms with Gasteiger partial charge in [0.1, 0.15) is 0 Å². The summed E-state index contributed by atoms with van der Waals surface area (Å²) in [6.45, 7) is 0. The van der Waals surface area contributed by atoms with Gasteiger partial charge in [0.2, 0.25) is 0 Å². The molecule has 0 heterocycles. The molecule has 2 heteroatoms. The molecule has 0 saturated heterocycles. The van der Waals surface area contributed by atoms with Crippen LogP contribution in [0.25, 0.3) is 0 Å². The molecule has 0 atom stereocenters. The van der Waals surface area contributed by atoms with E-state index in [1.165, 1.54) is 16.3 Å². The Kier molecular flexibility index (Phi) is 5.71. The molecule has 1 aliphatic rings. The molecule has 2 aromatic rings. The fraction of sp³-hybridized carbons (Fsp3) is 0. The van der Waals surface area contributed by atoms with Crippen LogP contribution >= 0.6 is 7.92 Å². The zero-order valence-electron chi connectivity index (χ0n) is 11.0. The van der Waals surface area contributed by atoms with Crippen molar-refractivity contribution in [2.75, 3.05) is 0 Å². The minimum atomic E-state index is -0.409. The second kappa shape index (κ2) is 7.30. The third-order valence-electron chi connectivity index (χ3n) is 2.93. The van der Waals surface area contributed by atoms with Crippen LogP contribution in [0.15, 0.2) is 60.7 Å². The molecule has 1 saturated carbocycles. The maximum Gasteiger partial charge on any atom is 1.00 e. The van der Waals surface area contributed by atoms with E-state index in [4.69, 9.17) is 0 Å². The first-order valence-electron chi connectivity index (χ1n) is 6.07. The first-order chi connectivity index (χ1) is 8.95. The molecule has 0 aliphatic heterocycles. The summed E-state index contributed by atoms with van der Waals surface area (Å²) in [6.07, 6.45) is 8.70. The van der Waals surface area contributed by atoms with Crippen LogP contribution in [-0.4, -0.2) is 0 Å². The number of hydrogen-bond acceptors (Lipinski definition) is 0. The van der Waals surface area contributed by atoms with Gasteiger partial charge in [0.15, 0.2) is 0 Å². The summed E-state index contributed by atoms with van der Waals surface area (Å²) in [5, 5.41) is 2.81. The van der Waals surface area contributed by atoms with Gasteiger partial charge in [-0.15, -0.1) is 0 Å². The van der Waals surface area contributed by atoms with Gasteiger partial charge in [0.05, 0.1) is 0 Å². The summed E-state index contributed by atoms with van der Waals surface area (Å²) >= 11 is 0. The zero-order valence-corrected chi connectivity index (χ0v) is 11.9. The van der Waals surface area contributed by atoms with Crippen molar-refractivity contribution in [1.29, 1.82) is 0 Å². The molecule has 1 aliphatic carbocycles. The Morgan fingerprint density at radius 1 is 0.579 bits per heavy atom. The van der Waals surface area contributed by atoms with Gasteiger partial charge >= 0.3 is 18.9 Å². The van der Waals surface area contributed by atoms with E-state index in [-0.39, 0.29) is 18.9 Å². The third kappa shape index (κ3) is 3.52. The maximum atomic E-state index is 2.23. The Morgan fingerprint density at radius 3 is 1.42 bits per heavy atom. The minimum absolute atomic E-state index is 0. The fourth-order valence-electron chi connectivity index (χ4n) is 2.11. The Balaban J connectivity index is 0.00000133. The van der Waals surface area contributed by atoms with E-state index in [0.29, 0.717) is 0 Å². The van der Waals surface area contributed by atoms with Gasteiger partial charge in [-0.25, -0.2) is 0 Å². The van der Waals surface area contributed by atoms with Crippen molar-refractivity contribution in [2.45, 2.75) is 0 Å². The van der Waals surface area contributed by atoms with E-state index in [0.717, 1.165) is 0 Å². The number of rotatable bonds is 3. The fourth-order valence-corrected chi connectivity index (χ4v) is 4.42. The summed E-state index contributed by atoms with van der Waals surface area (Å²) in [7, 11) is -0.409. The summed E-state index contributed by atoms with van der Waals surface area (Å²) in [6, 6.07) is 21.6. The van der Waals surface area contributed by atoms with Crippen molar-refractivity contribution in [3.63, 3.8) is 0 Å². The molecule has 2 aromatic carbocycles. The standard InChI is InChI=1S/C17H14P.Li/c1-3-9-15(10-4-1)18(17-13-7-8-14-17)16-11-5-2-6-12-16;/h1-14H;/q;+1. The average Bonchev–Trinajstić information content (AvgIpc) is 2.95. The Morgan fingerprint density at radius 2 is 1.00 bits per heavy atom. The largest absolute Gasteiger partial charge is 1.00 e. The normalized spacial score (nSPS) is 15.4. The average molecular weight is 256 g/mol. The smallest absolute Gasteiger partial charge is 0.0622 e. The molecule has 0 amide bonds. The van der Waals surface area contributed by atoms with Crippen molar-refractivity contribution in [2.24, 2.45) is 0 Å². The van der Waals surface area contributed by atoms with E-state index >= 15 is 0 Å². The molecule has 0 N–H and O–H groups in total. The summed E-state index contributed by atoms with van der Waals surface area (Å²) in [5.74, 6) is 0. The van der Waals surface area contributed by atoms with Gasteiger partial charge in [0.25, 0.3) is 0 Å². The molecule has 0 spiro atoms. The molecule has 0 unspecified atom stereocenters. The van der Waals surface area contributed by atoms with E-state index < -0.39 is 7.92 Å². The van der Waals surface area contributed by atoms with Gasteiger partial charge in [0, 0.05) is 5.66 Å². The van der Waals surface area contributed by atoms with Gasteiger partial charge in [-0.2, -0.15) is 0 Å². The van der Waals surface area contributed by atoms with Gasteiger partial charge in [-0.3, -0.25) is 0 Å². The predicted molar refractivity (Wildman–Crippen MR) is 79.5 cm³/mol. The molecule has 1 fully saturated rings. The topological polar surface area (TPSA) is 0 Å². The van der Waals surface area contributed by atoms with Crippen LogP contribution in [0.3, 0.4) is 0 Å². The van der Waals surface area contributed by atoms with E-state index in [9.17, 15) is 0 Å². The summed E-state index contributed by atoms with van der Waals surface area (Å²) in [4.78, 5) is 0. The minimum Gasteiger partial charge on any atom is -0.0622 e. The number of hydrogen-bond donors (Lipinski definition) is 0. The molecular weight excluding hydrogens is 242 g/mol. The van der Waals surface area contributed by atoms with Crippen LogP contribution in [0.5, 0.6) is 0 Å². The summed E-state index contributed by atoms with van der Waals surface area (Å²) < 4.78 is 0. The van der Waals surface area contributed by atoms with Gasteiger partial charge < -0.3 is 0 Å². The van der Waals surface area contributed by atoms with Crippen LogP contribution in [-0.2, 0) is 0 Å². The van der Waals surface area contributed by atoms with Gasteiger partial charge in [-0.1, -0.05) is 60.7 Å². The quantitative estimate of drug-likeness (QED) is 0.554. The number of benzene rings is 2. The van der Waals surface area contributed by atoms with Crippen LogP contribution in [0, 0.1) is 31.3 Å². The van der Waals surface area contributed by atoms with Crippen LogP contribution < -0.4 is 29.5 Å². The van der Waals surface area contributed by atoms with Gasteiger partial charge in [-0.05, 0) is 44.2 Å². The van der Waals surface area contributed by atoms with E-state index in [1.54, 1.807) is 0 Å².